The van der Waals surface area contributed by atoms with Crippen LogP contribution >= 0.6 is 0 Å². The van der Waals surface area contributed by atoms with E-state index in [1.807, 2.05) is 30.3 Å². The highest BCUT2D eigenvalue weighted by Gasteiger charge is 2.36. The van der Waals surface area contributed by atoms with Crippen LogP contribution in [0.4, 0.5) is 4.39 Å². The van der Waals surface area contributed by atoms with Crippen molar-refractivity contribution < 1.29 is 18.6 Å². The minimum Gasteiger partial charge on any atom is -0.493 e. The standard InChI is InChI=1S/C22H28FNO3Si/c1-28(2,3)24-11-10-20(16-4-6-18(23)7-5-16)17(13-24)14-25-19-8-9-21-22(12-19)27-15-26-21/h4-9,12,17,20H,10-11,13-15H2,1-3H3. The van der Waals surface area contributed by atoms with Crippen LogP contribution < -0.4 is 14.2 Å². The third-order valence-electron chi connectivity index (χ3n) is 5.79. The molecular formula is C22H28FNO3Si. The summed E-state index contributed by atoms with van der Waals surface area (Å²) in [6.45, 7) is 10.2. The minimum atomic E-state index is -1.38. The Labute approximate surface area is 167 Å². The lowest BCUT2D eigenvalue weighted by Crippen LogP contribution is -2.53. The third-order valence-corrected chi connectivity index (χ3v) is 8.09. The number of hydrogen-bond donors (Lipinski definition) is 0. The summed E-state index contributed by atoms with van der Waals surface area (Å²) >= 11 is 0. The van der Waals surface area contributed by atoms with E-state index < -0.39 is 8.24 Å². The molecule has 150 valence electrons. The van der Waals surface area contributed by atoms with Gasteiger partial charge in [0.1, 0.15) is 19.8 Å². The number of ether oxygens (including phenoxy) is 3. The van der Waals surface area contributed by atoms with Gasteiger partial charge >= 0.3 is 0 Å². The second kappa shape index (κ2) is 7.76. The van der Waals surface area contributed by atoms with Crippen molar-refractivity contribution in [2.45, 2.75) is 32.0 Å². The van der Waals surface area contributed by atoms with Crippen LogP contribution in [0, 0.1) is 11.7 Å². The summed E-state index contributed by atoms with van der Waals surface area (Å²) in [7, 11) is -1.38. The fourth-order valence-electron chi connectivity index (χ4n) is 4.13. The third kappa shape index (κ3) is 4.18. The van der Waals surface area contributed by atoms with Gasteiger partial charge in [-0.05, 0) is 55.3 Å². The van der Waals surface area contributed by atoms with Crippen LogP contribution in [0.25, 0.3) is 0 Å². The molecule has 0 aromatic heterocycles. The van der Waals surface area contributed by atoms with Gasteiger partial charge in [-0.1, -0.05) is 31.8 Å². The molecule has 0 aliphatic carbocycles. The van der Waals surface area contributed by atoms with Crippen LogP contribution in [0.15, 0.2) is 42.5 Å². The molecule has 0 amide bonds. The van der Waals surface area contributed by atoms with Gasteiger partial charge in [-0.3, -0.25) is 0 Å². The zero-order valence-electron chi connectivity index (χ0n) is 16.8. The highest BCUT2D eigenvalue weighted by Crippen LogP contribution is 2.38. The molecule has 4 rings (SSSR count). The molecule has 0 spiro atoms. The van der Waals surface area contributed by atoms with Crippen molar-refractivity contribution in [2.24, 2.45) is 5.92 Å². The van der Waals surface area contributed by atoms with Crippen LogP contribution in [-0.2, 0) is 0 Å². The largest absolute Gasteiger partial charge is 0.493 e. The number of piperidine rings is 1. The molecule has 2 aliphatic rings. The molecule has 28 heavy (non-hydrogen) atoms. The van der Waals surface area contributed by atoms with E-state index in [0.29, 0.717) is 18.4 Å². The van der Waals surface area contributed by atoms with E-state index in [-0.39, 0.29) is 12.6 Å². The molecular weight excluding hydrogens is 373 g/mol. The first-order chi connectivity index (χ1) is 13.4. The van der Waals surface area contributed by atoms with E-state index in [1.165, 1.54) is 5.56 Å². The van der Waals surface area contributed by atoms with Crippen molar-refractivity contribution in [1.29, 1.82) is 0 Å². The Morgan fingerprint density at radius 3 is 2.57 bits per heavy atom. The molecule has 6 heteroatoms. The summed E-state index contributed by atoms with van der Waals surface area (Å²) < 4.78 is 33.1. The molecule has 4 nitrogen and oxygen atoms in total. The van der Waals surface area contributed by atoms with Crippen molar-refractivity contribution in [1.82, 2.24) is 4.57 Å². The molecule has 0 N–H and O–H groups in total. The number of rotatable bonds is 5. The van der Waals surface area contributed by atoms with Gasteiger partial charge in [0.15, 0.2) is 11.5 Å². The predicted molar refractivity (Wildman–Crippen MR) is 110 cm³/mol. The molecule has 2 heterocycles. The smallest absolute Gasteiger partial charge is 0.231 e. The molecule has 2 unspecified atom stereocenters. The quantitative estimate of drug-likeness (QED) is 0.669. The Bertz CT molecular complexity index is 822. The van der Waals surface area contributed by atoms with E-state index in [9.17, 15) is 4.39 Å². The highest BCUT2D eigenvalue weighted by atomic mass is 28.3. The van der Waals surface area contributed by atoms with Crippen molar-refractivity contribution in [2.75, 3.05) is 26.5 Å². The normalized spacial score (nSPS) is 22.3. The first kappa shape index (κ1) is 19.3. The van der Waals surface area contributed by atoms with Gasteiger partial charge in [0, 0.05) is 12.0 Å². The van der Waals surface area contributed by atoms with Gasteiger partial charge in [0.2, 0.25) is 6.79 Å². The molecule has 1 fully saturated rings. The van der Waals surface area contributed by atoms with E-state index >= 15 is 0 Å². The number of hydrogen-bond acceptors (Lipinski definition) is 4. The maximum atomic E-state index is 13.4. The van der Waals surface area contributed by atoms with E-state index in [4.69, 9.17) is 14.2 Å². The summed E-state index contributed by atoms with van der Waals surface area (Å²) in [6.07, 6.45) is 1.07. The molecule has 2 aromatic rings. The molecule has 0 radical (unpaired) electrons. The highest BCUT2D eigenvalue weighted by molar-refractivity contribution is 6.73. The van der Waals surface area contributed by atoms with Gasteiger partial charge in [-0.25, -0.2) is 4.39 Å². The molecule has 1 saturated heterocycles. The molecule has 0 saturated carbocycles. The fourth-order valence-corrected chi connectivity index (χ4v) is 5.71. The van der Waals surface area contributed by atoms with Crippen molar-refractivity contribution >= 4 is 8.24 Å². The Morgan fingerprint density at radius 1 is 1.07 bits per heavy atom. The average Bonchev–Trinajstić information content (AvgIpc) is 3.14. The second-order valence-corrected chi connectivity index (χ2v) is 13.6. The van der Waals surface area contributed by atoms with Crippen molar-refractivity contribution in [3.8, 4) is 17.2 Å². The van der Waals surface area contributed by atoms with Gasteiger partial charge in [-0.2, -0.15) is 0 Å². The number of benzene rings is 2. The second-order valence-electron chi connectivity index (χ2n) is 8.65. The maximum absolute atomic E-state index is 13.4. The van der Waals surface area contributed by atoms with Crippen LogP contribution in [0.1, 0.15) is 17.9 Å². The summed E-state index contributed by atoms with van der Waals surface area (Å²) in [5.74, 6) is 2.85. The molecule has 2 atom stereocenters. The number of nitrogens with zero attached hydrogens (tertiary/aromatic N) is 1. The monoisotopic (exact) mass is 401 g/mol. The topological polar surface area (TPSA) is 30.9 Å². The Balaban J connectivity index is 1.51. The van der Waals surface area contributed by atoms with E-state index in [2.05, 4.69) is 24.2 Å². The van der Waals surface area contributed by atoms with Crippen LogP contribution in [0.2, 0.25) is 19.6 Å². The number of fused-ring (bicyclic) bond motifs is 1. The molecule has 2 aromatic carbocycles. The Kier molecular flexibility index (Phi) is 5.34. The van der Waals surface area contributed by atoms with E-state index in [1.54, 1.807) is 12.1 Å². The zero-order valence-corrected chi connectivity index (χ0v) is 17.8. The lowest BCUT2D eigenvalue weighted by Gasteiger charge is -2.44. The van der Waals surface area contributed by atoms with Gasteiger partial charge in [0.25, 0.3) is 0 Å². The minimum absolute atomic E-state index is 0.184. The van der Waals surface area contributed by atoms with Crippen LogP contribution in [-0.4, -0.2) is 39.3 Å². The summed E-state index contributed by atoms with van der Waals surface area (Å²) in [4.78, 5) is 0. The fraction of sp³-hybridized carbons (Fsp3) is 0.455. The Morgan fingerprint density at radius 2 is 1.82 bits per heavy atom. The van der Waals surface area contributed by atoms with Crippen LogP contribution in [0.3, 0.4) is 0 Å². The lowest BCUT2D eigenvalue weighted by molar-refractivity contribution is 0.153. The van der Waals surface area contributed by atoms with E-state index in [0.717, 1.165) is 36.8 Å². The van der Waals surface area contributed by atoms with Gasteiger partial charge in [0.05, 0.1) is 6.61 Å². The first-order valence-electron chi connectivity index (χ1n) is 9.93. The Hall–Kier alpha value is -2.05. The van der Waals surface area contributed by atoms with Crippen molar-refractivity contribution in [3.05, 3.63) is 53.8 Å². The zero-order chi connectivity index (χ0) is 19.7. The molecule has 2 aliphatic heterocycles. The SMILES string of the molecule is C[Si](C)(C)N1CCC(c2ccc(F)cc2)C(COc2ccc3c(c2)OCO3)C1. The van der Waals surface area contributed by atoms with Crippen molar-refractivity contribution in [3.63, 3.8) is 0 Å². The summed E-state index contributed by atoms with van der Waals surface area (Å²) in [6, 6.07) is 12.7. The molecule has 0 bridgehead atoms. The number of halogens is 1. The average molecular weight is 402 g/mol. The maximum Gasteiger partial charge on any atom is 0.231 e. The predicted octanol–water partition coefficient (Wildman–Crippen LogP) is 4.87. The first-order valence-corrected chi connectivity index (χ1v) is 13.4. The summed E-state index contributed by atoms with van der Waals surface area (Å²) in [5, 5.41) is 0. The summed E-state index contributed by atoms with van der Waals surface area (Å²) in [5.41, 5.74) is 1.20. The lowest BCUT2D eigenvalue weighted by atomic mass is 9.81. The van der Waals surface area contributed by atoms with Gasteiger partial charge < -0.3 is 18.8 Å². The van der Waals surface area contributed by atoms with Crippen LogP contribution in [0.5, 0.6) is 17.2 Å². The van der Waals surface area contributed by atoms with Gasteiger partial charge in [-0.15, -0.1) is 0 Å².